The first-order valence-corrected chi connectivity index (χ1v) is 6.43. The van der Waals surface area contributed by atoms with Gasteiger partial charge < -0.3 is 15.0 Å². The molecular weight excluding hydrogens is 214 g/mol. The van der Waals surface area contributed by atoms with Gasteiger partial charge in [-0.2, -0.15) is 0 Å². The van der Waals surface area contributed by atoms with Crippen molar-refractivity contribution in [2.75, 3.05) is 13.2 Å². The van der Waals surface area contributed by atoms with Gasteiger partial charge in [-0.1, -0.05) is 13.8 Å². The van der Waals surface area contributed by atoms with E-state index in [1.54, 1.807) is 0 Å². The first kappa shape index (κ1) is 12.6. The molecule has 4 heteroatoms. The normalized spacial score (nSPS) is 26.8. The van der Waals surface area contributed by atoms with Gasteiger partial charge in [-0.15, -0.1) is 0 Å². The second-order valence-electron chi connectivity index (χ2n) is 5.35. The second kappa shape index (κ2) is 4.78. The summed E-state index contributed by atoms with van der Waals surface area (Å²) in [6.45, 7) is 8.07. The fourth-order valence-corrected chi connectivity index (χ4v) is 2.77. The summed E-state index contributed by atoms with van der Waals surface area (Å²) in [5.74, 6) is 0. The molecule has 1 fully saturated rings. The van der Waals surface area contributed by atoms with Crippen LogP contribution in [0, 0.1) is 5.41 Å². The van der Waals surface area contributed by atoms with Crippen LogP contribution in [0.5, 0.6) is 0 Å². The van der Waals surface area contributed by atoms with Crippen LogP contribution in [-0.4, -0.2) is 28.8 Å². The Morgan fingerprint density at radius 2 is 2.35 bits per heavy atom. The van der Waals surface area contributed by atoms with E-state index >= 15 is 0 Å². The third-order valence-electron chi connectivity index (χ3n) is 3.98. The zero-order valence-electron chi connectivity index (χ0n) is 11.0. The fourth-order valence-electron chi connectivity index (χ4n) is 2.77. The number of hydrogen-bond donors (Lipinski definition) is 1. The summed E-state index contributed by atoms with van der Waals surface area (Å²) in [7, 11) is 0. The highest BCUT2D eigenvalue weighted by Gasteiger charge is 2.50. The van der Waals surface area contributed by atoms with Crippen molar-refractivity contribution in [3.8, 4) is 0 Å². The smallest absolute Gasteiger partial charge is 0.0951 e. The molecule has 1 aliphatic carbocycles. The molecule has 0 radical (unpaired) electrons. The number of rotatable bonds is 5. The van der Waals surface area contributed by atoms with E-state index in [1.807, 2.05) is 12.5 Å². The summed E-state index contributed by atoms with van der Waals surface area (Å²) in [5.41, 5.74) is 7.04. The number of nitrogens with zero attached hydrogens (tertiary/aromatic N) is 2. The van der Waals surface area contributed by atoms with E-state index in [4.69, 9.17) is 10.5 Å². The van der Waals surface area contributed by atoms with Crippen LogP contribution in [0.3, 0.4) is 0 Å². The zero-order chi connectivity index (χ0) is 12.5. The molecule has 0 saturated heterocycles. The van der Waals surface area contributed by atoms with Gasteiger partial charge in [0.2, 0.25) is 0 Å². The first-order chi connectivity index (χ1) is 8.11. The lowest BCUT2D eigenvalue weighted by molar-refractivity contribution is -0.128. The highest BCUT2D eigenvalue weighted by Crippen LogP contribution is 2.51. The van der Waals surface area contributed by atoms with E-state index in [9.17, 15) is 0 Å². The van der Waals surface area contributed by atoms with Gasteiger partial charge in [-0.05, 0) is 19.9 Å². The Hall–Kier alpha value is -0.870. The van der Waals surface area contributed by atoms with Crippen molar-refractivity contribution in [1.82, 2.24) is 9.55 Å². The predicted molar refractivity (Wildman–Crippen MR) is 67.8 cm³/mol. The van der Waals surface area contributed by atoms with E-state index in [1.165, 1.54) is 5.69 Å². The summed E-state index contributed by atoms with van der Waals surface area (Å²) in [6, 6.07) is 0.489. The van der Waals surface area contributed by atoms with Crippen LogP contribution in [0.2, 0.25) is 0 Å². The Balaban J connectivity index is 2.11. The average molecular weight is 237 g/mol. The average Bonchev–Trinajstić information content (AvgIpc) is 2.72. The molecule has 96 valence electrons. The standard InChI is InChI=1S/C13H23N3O/c1-4-17-12-7-11(13(12,2)3)16-9-15-8-10(16)5-6-14/h8-9,11-12H,4-7,14H2,1-3H3. The van der Waals surface area contributed by atoms with Gasteiger partial charge >= 0.3 is 0 Å². The molecule has 1 heterocycles. The van der Waals surface area contributed by atoms with E-state index in [0.29, 0.717) is 18.7 Å². The van der Waals surface area contributed by atoms with E-state index in [0.717, 1.165) is 19.4 Å². The van der Waals surface area contributed by atoms with E-state index in [2.05, 4.69) is 30.3 Å². The lowest BCUT2D eigenvalue weighted by Crippen LogP contribution is -2.51. The number of imidazole rings is 1. The number of ether oxygens (including phenoxy) is 1. The summed E-state index contributed by atoms with van der Waals surface area (Å²) in [4.78, 5) is 4.25. The van der Waals surface area contributed by atoms with Gasteiger partial charge in [0.1, 0.15) is 0 Å². The summed E-state index contributed by atoms with van der Waals surface area (Å²) in [5, 5.41) is 0. The van der Waals surface area contributed by atoms with Crippen LogP contribution >= 0.6 is 0 Å². The van der Waals surface area contributed by atoms with E-state index in [-0.39, 0.29) is 5.41 Å². The largest absolute Gasteiger partial charge is 0.378 e. The summed E-state index contributed by atoms with van der Waals surface area (Å²) >= 11 is 0. The van der Waals surface area contributed by atoms with Gasteiger partial charge in [0, 0.05) is 36.4 Å². The highest BCUT2D eigenvalue weighted by atomic mass is 16.5. The van der Waals surface area contributed by atoms with Crippen molar-refractivity contribution >= 4 is 0 Å². The molecule has 0 aromatic carbocycles. The molecule has 17 heavy (non-hydrogen) atoms. The zero-order valence-corrected chi connectivity index (χ0v) is 11.0. The molecule has 1 aromatic heterocycles. The van der Waals surface area contributed by atoms with Gasteiger partial charge in [0.25, 0.3) is 0 Å². The third-order valence-corrected chi connectivity index (χ3v) is 3.98. The van der Waals surface area contributed by atoms with E-state index < -0.39 is 0 Å². The maximum Gasteiger partial charge on any atom is 0.0951 e. The maximum atomic E-state index is 5.76. The van der Waals surface area contributed by atoms with Crippen LogP contribution in [0.25, 0.3) is 0 Å². The highest BCUT2D eigenvalue weighted by molar-refractivity contribution is 5.09. The molecule has 1 saturated carbocycles. The number of hydrogen-bond acceptors (Lipinski definition) is 3. The van der Waals surface area contributed by atoms with Crippen LogP contribution < -0.4 is 5.73 Å². The number of nitrogens with two attached hydrogens (primary N) is 1. The lowest BCUT2D eigenvalue weighted by atomic mass is 9.64. The van der Waals surface area contributed by atoms with Crippen molar-refractivity contribution < 1.29 is 4.74 Å². The molecule has 0 amide bonds. The van der Waals surface area contributed by atoms with Crippen molar-refractivity contribution in [2.24, 2.45) is 11.1 Å². The minimum Gasteiger partial charge on any atom is -0.378 e. The molecule has 1 aromatic rings. The Morgan fingerprint density at radius 1 is 1.59 bits per heavy atom. The van der Waals surface area contributed by atoms with Gasteiger partial charge in [-0.3, -0.25) is 0 Å². The summed E-state index contributed by atoms with van der Waals surface area (Å²) in [6.07, 6.45) is 6.20. The molecule has 2 rings (SSSR count). The van der Waals surface area contributed by atoms with Crippen LogP contribution in [0.15, 0.2) is 12.5 Å². The molecule has 2 unspecified atom stereocenters. The number of aromatic nitrogens is 2. The first-order valence-electron chi connectivity index (χ1n) is 6.43. The Morgan fingerprint density at radius 3 is 2.94 bits per heavy atom. The molecule has 2 N–H and O–H groups in total. The molecule has 0 aliphatic heterocycles. The minimum absolute atomic E-state index is 0.181. The Labute approximate surface area is 103 Å². The third kappa shape index (κ3) is 2.11. The Kier molecular flexibility index (Phi) is 3.54. The summed E-state index contributed by atoms with van der Waals surface area (Å²) < 4.78 is 8.04. The topological polar surface area (TPSA) is 53.1 Å². The van der Waals surface area contributed by atoms with Crippen molar-refractivity contribution in [3.05, 3.63) is 18.2 Å². The minimum atomic E-state index is 0.181. The molecule has 4 nitrogen and oxygen atoms in total. The molecule has 2 atom stereocenters. The fraction of sp³-hybridized carbons (Fsp3) is 0.769. The van der Waals surface area contributed by atoms with Gasteiger partial charge in [-0.25, -0.2) is 4.98 Å². The molecule has 0 bridgehead atoms. The van der Waals surface area contributed by atoms with Crippen molar-refractivity contribution in [1.29, 1.82) is 0 Å². The predicted octanol–water partition coefficient (Wildman–Crippen LogP) is 1.76. The molecular formula is C13H23N3O. The lowest BCUT2D eigenvalue weighted by Gasteiger charge is -2.52. The monoisotopic (exact) mass is 237 g/mol. The quantitative estimate of drug-likeness (QED) is 0.849. The van der Waals surface area contributed by atoms with Gasteiger partial charge in [0.05, 0.1) is 12.4 Å². The van der Waals surface area contributed by atoms with Gasteiger partial charge in [0.15, 0.2) is 0 Å². The molecule has 0 spiro atoms. The second-order valence-corrected chi connectivity index (χ2v) is 5.35. The van der Waals surface area contributed by atoms with Crippen LogP contribution in [-0.2, 0) is 11.2 Å². The molecule has 1 aliphatic rings. The van der Waals surface area contributed by atoms with Crippen LogP contribution in [0.1, 0.15) is 38.9 Å². The SMILES string of the molecule is CCOC1CC(n2cncc2CCN)C1(C)C. The van der Waals surface area contributed by atoms with Crippen molar-refractivity contribution in [3.63, 3.8) is 0 Å². The Bertz CT molecular complexity index is 372. The van der Waals surface area contributed by atoms with Crippen molar-refractivity contribution in [2.45, 2.75) is 45.8 Å². The maximum absolute atomic E-state index is 5.76. The van der Waals surface area contributed by atoms with Crippen LogP contribution in [0.4, 0.5) is 0 Å².